The molecule has 9 nitrogen and oxygen atoms in total. The van der Waals surface area contributed by atoms with Gasteiger partial charge in [0.1, 0.15) is 12.7 Å². The summed E-state index contributed by atoms with van der Waals surface area (Å²) in [6, 6.07) is 19.3. The van der Waals surface area contributed by atoms with Gasteiger partial charge in [-0.2, -0.15) is 0 Å². The Labute approximate surface area is 199 Å². The number of benzene rings is 3. The molecule has 0 radical (unpaired) electrons. The number of nitrogens with one attached hydrogen (secondary N) is 1. The molecule has 3 amide bonds. The lowest BCUT2D eigenvalue weighted by molar-refractivity contribution is -0.117. The average Bonchev–Trinajstić information content (AvgIpc) is 3.28. The van der Waals surface area contributed by atoms with E-state index in [1.165, 1.54) is 14.0 Å². The van der Waals surface area contributed by atoms with Crippen LogP contribution in [0.1, 0.15) is 32.4 Å². The third-order valence-corrected chi connectivity index (χ3v) is 6.75. The van der Waals surface area contributed by atoms with Gasteiger partial charge in [0, 0.05) is 30.9 Å². The van der Waals surface area contributed by atoms with Gasteiger partial charge in [-0.25, -0.2) is 4.79 Å². The van der Waals surface area contributed by atoms with Gasteiger partial charge < -0.3 is 10.2 Å². The Morgan fingerprint density at radius 3 is 2.31 bits per heavy atom. The Bertz CT molecular complexity index is 1630. The van der Waals surface area contributed by atoms with E-state index in [1.807, 2.05) is 12.1 Å². The molecule has 6 rings (SSSR count). The molecule has 0 fully saturated rings. The fourth-order valence-electron chi connectivity index (χ4n) is 5.07. The first-order chi connectivity index (χ1) is 16.9. The predicted octanol–water partition coefficient (Wildman–Crippen LogP) is 2.63. The number of para-hydroxylation sites is 1. The Balaban J connectivity index is 1.35. The van der Waals surface area contributed by atoms with E-state index in [4.69, 9.17) is 0 Å². The number of carbonyl (C=O) groups is 3. The number of hydrogen-bond acceptors (Lipinski definition) is 4. The lowest BCUT2D eigenvalue weighted by atomic mass is 10.0. The molecule has 174 valence electrons. The molecule has 0 unspecified atom stereocenters. The van der Waals surface area contributed by atoms with Crippen LogP contribution in [0.15, 0.2) is 71.5 Å². The summed E-state index contributed by atoms with van der Waals surface area (Å²) in [5.74, 6) is -0.927. The molecule has 0 spiro atoms. The monoisotopic (exact) mass is 467 g/mol. The zero-order valence-electron chi connectivity index (χ0n) is 19.1. The van der Waals surface area contributed by atoms with Crippen LogP contribution in [0.4, 0.5) is 11.4 Å². The fraction of sp³-hybridized carbons (Fsp3) is 0.154. The number of hydrogen-bond donors (Lipinski definition) is 1. The summed E-state index contributed by atoms with van der Waals surface area (Å²) in [6.45, 7) is -0.248. The summed E-state index contributed by atoms with van der Waals surface area (Å²) in [5, 5.41) is 2.84. The van der Waals surface area contributed by atoms with Gasteiger partial charge in [-0.3, -0.25) is 28.4 Å². The van der Waals surface area contributed by atoms with Crippen molar-refractivity contribution in [2.75, 3.05) is 16.8 Å². The number of fused-ring (bicyclic) bond motifs is 6. The van der Waals surface area contributed by atoms with Crippen molar-refractivity contribution in [3.8, 4) is 0 Å². The zero-order valence-corrected chi connectivity index (χ0v) is 19.1. The smallest absolute Gasteiger partial charge is 0.324 e. The van der Waals surface area contributed by atoms with Gasteiger partial charge in [0.15, 0.2) is 0 Å². The summed E-state index contributed by atoms with van der Waals surface area (Å²) in [5.41, 5.74) is 3.89. The highest BCUT2D eigenvalue weighted by Gasteiger charge is 2.48. The third-order valence-electron chi connectivity index (χ3n) is 6.75. The van der Waals surface area contributed by atoms with E-state index in [0.29, 0.717) is 33.6 Å². The van der Waals surface area contributed by atoms with Crippen LogP contribution in [0, 0.1) is 0 Å². The SMILES string of the molecule is Cn1c(=O)n(C)c2cc(NC(=O)CN3C(=O)c4ccccc4N4C(=O)c5ccccc5[C@H]34)ccc21. The Morgan fingerprint density at radius 2 is 1.51 bits per heavy atom. The molecule has 2 aliphatic rings. The predicted molar refractivity (Wildman–Crippen MR) is 130 cm³/mol. The molecule has 0 saturated carbocycles. The molecule has 3 heterocycles. The summed E-state index contributed by atoms with van der Waals surface area (Å²) >= 11 is 0. The van der Waals surface area contributed by atoms with E-state index in [2.05, 4.69) is 5.32 Å². The second-order valence-electron chi connectivity index (χ2n) is 8.74. The molecule has 3 aromatic carbocycles. The van der Waals surface area contributed by atoms with E-state index in [0.717, 1.165) is 5.52 Å². The van der Waals surface area contributed by atoms with Gasteiger partial charge in [0.2, 0.25) is 5.91 Å². The molecule has 1 N–H and O–H groups in total. The maximum absolute atomic E-state index is 13.5. The Kier molecular flexibility index (Phi) is 4.44. The minimum Gasteiger partial charge on any atom is -0.324 e. The number of aryl methyl sites for hydroxylation is 2. The van der Waals surface area contributed by atoms with Crippen LogP contribution < -0.4 is 15.9 Å². The van der Waals surface area contributed by atoms with Crippen LogP contribution in [0.3, 0.4) is 0 Å². The van der Waals surface area contributed by atoms with Crippen molar-refractivity contribution in [2.24, 2.45) is 14.1 Å². The van der Waals surface area contributed by atoms with E-state index < -0.39 is 12.1 Å². The van der Waals surface area contributed by atoms with Crippen molar-refractivity contribution in [1.82, 2.24) is 14.0 Å². The highest BCUT2D eigenvalue weighted by molar-refractivity contribution is 6.17. The van der Waals surface area contributed by atoms with E-state index in [9.17, 15) is 19.2 Å². The van der Waals surface area contributed by atoms with Gasteiger partial charge in [-0.15, -0.1) is 0 Å². The largest absolute Gasteiger partial charge is 0.328 e. The maximum atomic E-state index is 13.5. The summed E-state index contributed by atoms with van der Waals surface area (Å²) in [7, 11) is 3.36. The number of amides is 3. The lowest BCUT2D eigenvalue weighted by Gasteiger charge is -2.40. The zero-order chi connectivity index (χ0) is 24.4. The number of aromatic nitrogens is 2. The molecule has 9 heteroatoms. The molecule has 0 aliphatic carbocycles. The van der Waals surface area contributed by atoms with Gasteiger partial charge in [-0.05, 0) is 36.4 Å². The third kappa shape index (κ3) is 2.94. The van der Waals surface area contributed by atoms with Crippen LogP contribution >= 0.6 is 0 Å². The number of nitrogens with zero attached hydrogens (tertiary/aromatic N) is 4. The van der Waals surface area contributed by atoms with Gasteiger partial charge in [-0.1, -0.05) is 30.3 Å². The van der Waals surface area contributed by atoms with Gasteiger partial charge in [0.05, 0.1) is 22.3 Å². The number of rotatable bonds is 3. The first-order valence-electron chi connectivity index (χ1n) is 11.1. The standard InChI is InChI=1S/C26H21N5O4/c1-28-20-12-11-15(13-21(20)29(2)26(28)35)27-22(32)14-30-23-16-7-3-4-8-17(16)25(34)31(23)19-10-6-5-9-18(19)24(30)33/h3-13,23H,14H2,1-2H3,(H,27,32)/t23-/m1/s1. The first-order valence-corrected chi connectivity index (χ1v) is 11.1. The summed E-state index contributed by atoms with van der Waals surface area (Å²) in [6.07, 6.45) is -0.704. The Morgan fingerprint density at radius 1 is 0.829 bits per heavy atom. The summed E-state index contributed by atoms with van der Waals surface area (Å²) in [4.78, 5) is 55.1. The van der Waals surface area contributed by atoms with Crippen molar-refractivity contribution >= 4 is 40.1 Å². The van der Waals surface area contributed by atoms with Crippen molar-refractivity contribution < 1.29 is 14.4 Å². The molecular formula is C26H21N5O4. The van der Waals surface area contributed by atoms with E-state index >= 15 is 0 Å². The second kappa shape index (κ2) is 7.42. The second-order valence-corrected chi connectivity index (χ2v) is 8.74. The van der Waals surface area contributed by atoms with Crippen LogP contribution in [0.25, 0.3) is 11.0 Å². The van der Waals surface area contributed by atoms with E-state index in [1.54, 1.807) is 73.6 Å². The van der Waals surface area contributed by atoms with Crippen LogP contribution in [0.5, 0.6) is 0 Å². The van der Waals surface area contributed by atoms with E-state index in [-0.39, 0.29) is 24.0 Å². The quantitative estimate of drug-likeness (QED) is 0.501. The van der Waals surface area contributed by atoms with Crippen LogP contribution in [0.2, 0.25) is 0 Å². The average molecular weight is 467 g/mol. The highest BCUT2D eigenvalue weighted by atomic mass is 16.2. The fourth-order valence-corrected chi connectivity index (χ4v) is 5.07. The molecule has 4 aromatic rings. The topological polar surface area (TPSA) is 96.7 Å². The summed E-state index contributed by atoms with van der Waals surface area (Å²) < 4.78 is 3.04. The molecule has 2 aliphatic heterocycles. The highest BCUT2D eigenvalue weighted by Crippen LogP contribution is 2.44. The Hall–Kier alpha value is -4.66. The van der Waals surface area contributed by atoms with Crippen molar-refractivity contribution in [1.29, 1.82) is 0 Å². The molecule has 0 bridgehead atoms. The van der Waals surface area contributed by atoms with Gasteiger partial charge in [0.25, 0.3) is 11.8 Å². The number of anilines is 2. The molecule has 35 heavy (non-hydrogen) atoms. The minimum atomic E-state index is -0.704. The van der Waals surface area contributed by atoms with Crippen molar-refractivity contribution in [3.05, 3.63) is 93.9 Å². The molecule has 0 saturated heterocycles. The van der Waals surface area contributed by atoms with Gasteiger partial charge >= 0.3 is 5.69 Å². The molecular weight excluding hydrogens is 446 g/mol. The van der Waals surface area contributed by atoms with Crippen molar-refractivity contribution in [3.63, 3.8) is 0 Å². The minimum absolute atomic E-state index is 0.161. The number of carbonyl (C=O) groups excluding carboxylic acids is 3. The molecule has 1 atom stereocenters. The molecule has 1 aromatic heterocycles. The van der Waals surface area contributed by atoms with Crippen LogP contribution in [-0.2, 0) is 18.9 Å². The lowest BCUT2D eigenvalue weighted by Crippen LogP contribution is -2.50. The van der Waals surface area contributed by atoms with Crippen molar-refractivity contribution in [2.45, 2.75) is 6.17 Å². The first kappa shape index (κ1) is 20.9. The normalized spacial score (nSPS) is 16.3. The number of imidazole rings is 1. The maximum Gasteiger partial charge on any atom is 0.328 e. The van der Waals surface area contributed by atoms with Crippen LogP contribution in [-0.4, -0.2) is 38.3 Å².